The van der Waals surface area contributed by atoms with E-state index in [1.54, 1.807) is 36.7 Å². The highest BCUT2D eigenvalue weighted by Crippen LogP contribution is 2.20. The van der Waals surface area contributed by atoms with Crippen LogP contribution >= 0.6 is 0 Å². The molecule has 0 atom stereocenters. The van der Waals surface area contributed by atoms with Crippen LogP contribution in [0.5, 0.6) is 0 Å². The number of anilines is 2. The van der Waals surface area contributed by atoms with Gasteiger partial charge in [0, 0.05) is 23.8 Å². The van der Waals surface area contributed by atoms with Crippen molar-refractivity contribution in [1.82, 2.24) is 9.97 Å². The summed E-state index contributed by atoms with van der Waals surface area (Å²) in [6, 6.07) is 12.1. The molecule has 18 heavy (non-hydrogen) atoms. The van der Waals surface area contributed by atoms with Crippen LogP contribution in [0.3, 0.4) is 0 Å². The molecule has 1 aromatic carbocycles. The molecule has 3 aromatic rings. The van der Waals surface area contributed by atoms with Crippen molar-refractivity contribution in [2.45, 2.75) is 0 Å². The van der Waals surface area contributed by atoms with Crippen molar-refractivity contribution < 1.29 is 4.39 Å². The van der Waals surface area contributed by atoms with Crippen LogP contribution < -0.4 is 5.32 Å². The lowest BCUT2D eigenvalue weighted by Gasteiger charge is -2.06. The minimum Gasteiger partial charge on any atom is -0.338 e. The molecule has 3 nitrogen and oxygen atoms in total. The quantitative estimate of drug-likeness (QED) is 0.743. The van der Waals surface area contributed by atoms with Crippen molar-refractivity contribution in [2.24, 2.45) is 0 Å². The Bertz CT molecular complexity index is 697. The molecule has 0 unspecified atom stereocenters. The average molecular weight is 239 g/mol. The third-order valence-corrected chi connectivity index (χ3v) is 2.62. The zero-order chi connectivity index (χ0) is 12.4. The first-order chi connectivity index (χ1) is 8.83. The maximum absolute atomic E-state index is 13.5. The fourth-order valence-corrected chi connectivity index (χ4v) is 1.73. The van der Waals surface area contributed by atoms with Crippen LogP contribution in [-0.2, 0) is 0 Å². The summed E-state index contributed by atoms with van der Waals surface area (Å²) >= 11 is 0. The van der Waals surface area contributed by atoms with Gasteiger partial charge in [-0.3, -0.25) is 4.98 Å². The monoisotopic (exact) mass is 239 g/mol. The van der Waals surface area contributed by atoms with Crippen LogP contribution in [0.2, 0.25) is 0 Å². The smallest absolute Gasteiger partial charge is 0.146 e. The van der Waals surface area contributed by atoms with Gasteiger partial charge < -0.3 is 5.32 Å². The SMILES string of the molecule is Fc1ccccc1Nc1cc2ncccc2cn1. The molecule has 0 aliphatic heterocycles. The van der Waals surface area contributed by atoms with Crippen LogP contribution in [-0.4, -0.2) is 9.97 Å². The Morgan fingerprint density at radius 3 is 2.78 bits per heavy atom. The molecular formula is C14H10FN3. The van der Waals surface area contributed by atoms with Gasteiger partial charge in [0.25, 0.3) is 0 Å². The van der Waals surface area contributed by atoms with Gasteiger partial charge in [0.1, 0.15) is 11.6 Å². The predicted molar refractivity (Wildman–Crippen MR) is 69.2 cm³/mol. The molecule has 88 valence electrons. The molecule has 2 heterocycles. The van der Waals surface area contributed by atoms with Crippen LogP contribution in [0.25, 0.3) is 10.9 Å². The Morgan fingerprint density at radius 2 is 1.89 bits per heavy atom. The Morgan fingerprint density at radius 1 is 1.00 bits per heavy atom. The lowest BCUT2D eigenvalue weighted by Crippen LogP contribution is -1.96. The average Bonchev–Trinajstić information content (AvgIpc) is 2.41. The van der Waals surface area contributed by atoms with Gasteiger partial charge in [-0.15, -0.1) is 0 Å². The highest BCUT2D eigenvalue weighted by molar-refractivity contribution is 5.80. The number of hydrogen-bond donors (Lipinski definition) is 1. The summed E-state index contributed by atoms with van der Waals surface area (Å²) in [5, 5.41) is 3.89. The second-order valence-electron chi connectivity index (χ2n) is 3.87. The number of hydrogen-bond acceptors (Lipinski definition) is 3. The number of halogens is 1. The van der Waals surface area contributed by atoms with Gasteiger partial charge >= 0.3 is 0 Å². The van der Waals surface area contributed by atoms with Crippen LogP contribution in [0.15, 0.2) is 54.9 Å². The molecule has 0 fully saturated rings. The molecule has 0 saturated heterocycles. The fourth-order valence-electron chi connectivity index (χ4n) is 1.73. The first-order valence-electron chi connectivity index (χ1n) is 5.55. The lowest BCUT2D eigenvalue weighted by molar-refractivity contribution is 0.632. The molecule has 0 aliphatic carbocycles. The van der Waals surface area contributed by atoms with Gasteiger partial charge in [0.05, 0.1) is 11.2 Å². The molecule has 0 bridgehead atoms. The Kier molecular flexibility index (Phi) is 2.61. The van der Waals surface area contributed by atoms with Crippen molar-refractivity contribution in [3.8, 4) is 0 Å². The lowest BCUT2D eigenvalue weighted by atomic mass is 10.2. The fraction of sp³-hybridized carbons (Fsp3) is 0. The molecule has 0 aliphatic rings. The topological polar surface area (TPSA) is 37.8 Å². The summed E-state index contributed by atoms with van der Waals surface area (Å²) in [6.07, 6.45) is 3.43. The van der Waals surface area contributed by atoms with Gasteiger partial charge in [-0.2, -0.15) is 0 Å². The van der Waals surface area contributed by atoms with E-state index in [1.165, 1.54) is 6.07 Å². The molecule has 4 heteroatoms. The maximum atomic E-state index is 13.5. The van der Waals surface area contributed by atoms with Gasteiger partial charge in [-0.25, -0.2) is 9.37 Å². The molecule has 2 aromatic heterocycles. The second kappa shape index (κ2) is 4.41. The third kappa shape index (κ3) is 2.00. The highest BCUT2D eigenvalue weighted by atomic mass is 19.1. The van der Waals surface area contributed by atoms with Gasteiger partial charge in [0.2, 0.25) is 0 Å². The highest BCUT2D eigenvalue weighted by Gasteiger charge is 2.03. The summed E-state index contributed by atoms with van der Waals surface area (Å²) in [4.78, 5) is 8.46. The Balaban J connectivity index is 1.98. The molecule has 0 radical (unpaired) electrons. The standard InChI is InChI=1S/C14H10FN3/c15-11-5-1-2-6-12(11)18-14-8-13-10(9-17-14)4-3-7-16-13/h1-9H,(H,17,18). The van der Waals surface area contributed by atoms with Crippen molar-refractivity contribution in [2.75, 3.05) is 5.32 Å². The van der Waals surface area contributed by atoms with Crippen molar-refractivity contribution in [3.05, 3.63) is 60.7 Å². The number of fused-ring (bicyclic) bond motifs is 1. The van der Waals surface area contributed by atoms with Crippen molar-refractivity contribution >= 4 is 22.4 Å². The van der Waals surface area contributed by atoms with Gasteiger partial charge in [0.15, 0.2) is 0 Å². The van der Waals surface area contributed by atoms with Crippen LogP contribution in [0, 0.1) is 5.82 Å². The second-order valence-corrected chi connectivity index (χ2v) is 3.87. The number of pyridine rings is 2. The molecule has 3 rings (SSSR count). The first kappa shape index (κ1) is 10.7. The summed E-state index contributed by atoms with van der Waals surface area (Å²) in [5.41, 5.74) is 1.23. The van der Waals surface area contributed by atoms with Crippen molar-refractivity contribution in [3.63, 3.8) is 0 Å². The normalized spacial score (nSPS) is 10.5. The summed E-state index contributed by atoms with van der Waals surface area (Å²) in [7, 11) is 0. The molecule has 0 spiro atoms. The molecule has 0 saturated carbocycles. The van der Waals surface area contributed by atoms with E-state index in [0.29, 0.717) is 11.5 Å². The number of benzene rings is 1. The maximum Gasteiger partial charge on any atom is 0.146 e. The predicted octanol–water partition coefficient (Wildman–Crippen LogP) is 3.51. The first-order valence-corrected chi connectivity index (χ1v) is 5.55. The third-order valence-electron chi connectivity index (χ3n) is 2.62. The molecule has 0 amide bonds. The summed E-state index contributed by atoms with van der Waals surface area (Å²) < 4.78 is 13.5. The van der Waals surface area contributed by atoms with E-state index in [-0.39, 0.29) is 5.82 Å². The minimum absolute atomic E-state index is 0.305. The number of rotatable bonds is 2. The van der Waals surface area contributed by atoms with Crippen LogP contribution in [0.1, 0.15) is 0 Å². The van der Waals surface area contributed by atoms with E-state index in [1.807, 2.05) is 12.1 Å². The van der Waals surface area contributed by atoms with Gasteiger partial charge in [-0.05, 0) is 24.3 Å². The van der Waals surface area contributed by atoms with E-state index in [0.717, 1.165) is 10.9 Å². The largest absolute Gasteiger partial charge is 0.338 e. The minimum atomic E-state index is -0.305. The Hall–Kier alpha value is -2.49. The number of aromatic nitrogens is 2. The van der Waals surface area contributed by atoms with Gasteiger partial charge in [-0.1, -0.05) is 12.1 Å². The van der Waals surface area contributed by atoms with E-state index < -0.39 is 0 Å². The number of nitrogens with zero attached hydrogens (tertiary/aromatic N) is 2. The van der Waals surface area contributed by atoms with E-state index >= 15 is 0 Å². The van der Waals surface area contributed by atoms with E-state index in [4.69, 9.17) is 0 Å². The van der Waals surface area contributed by atoms with Crippen LogP contribution in [0.4, 0.5) is 15.9 Å². The Labute approximate surface area is 103 Å². The zero-order valence-corrected chi connectivity index (χ0v) is 9.47. The summed E-state index contributed by atoms with van der Waals surface area (Å²) in [5.74, 6) is 0.270. The van der Waals surface area contributed by atoms with E-state index in [9.17, 15) is 4.39 Å². The molecule has 1 N–H and O–H groups in total. The summed E-state index contributed by atoms with van der Waals surface area (Å²) in [6.45, 7) is 0. The van der Waals surface area contributed by atoms with E-state index in [2.05, 4.69) is 15.3 Å². The number of nitrogens with one attached hydrogen (secondary N) is 1. The zero-order valence-electron chi connectivity index (χ0n) is 9.47. The molecular weight excluding hydrogens is 229 g/mol. The van der Waals surface area contributed by atoms with Crippen molar-refractivity contribution in [1.29, 1.82) is 0 Å². The number of para-hydroxylation sites is 1.